The summed E-state index contributed by atoms with van der Waals surface area (Å²) in [5.74, 6) is 2.27. The van der Waals surface area contributed by atoms with E-state index in [4.69, 9.17) is 14.4 Å². The van der Waals surface area contributed by atoms with Gasteiger partial charge in [0, 0.05) is 16.3 Å². The molecule has 3 aromatic carbocycles. The minimum atomic E-state index is 0.607. The molecule has 0 amide bonds. The Morgan fingerprint density at radius 3 is 2.60 bits per heavy atom. The molecule has 0 saturated carbocycles. The van der Waals surface area contributed by atoms with Crippen LogP contribution >= 0.6 is 0 Å². The van der Waals surface area contributed by atoms with Crippen molar-refractivity contribution in [1.29, 1.82) is 0 Å². The van der Waals surface area contributed by atoms with Gasteiger partial charge in [-0.3, -0.25) is 0 Å². The Kier molecular flexibility index (Phi) is 2.44. The van der Waals surface area contributed by atoms with E-state index in [1.54, 1.807) is 0 Å². The second kappa shape index (κ2) is 4.29. The van der Waals surface area contributed by atoms with E-state index < -0.39 is 0 Å². The average molecular weight is 261 g/mol. The van der Waals surface area contributed by atoms with Crippen LogP contribution in [-0.4, -0.2) is 12.7 Å². The van der Waals surface area contributed by atoms with Crippen LogP contribution in [0.2, 0.25) is 0 Å². The maximum Gasteiger partial charge on any atom is 0.569 e. The maximum atomic E-state index is 8.87. The molecule has 20 heavy (non-hydrogen) atoms. The van der Waals surface area contributed by atoms with Crippen LogP contribution in [0, 0.1) is 0 Å². The first-order valence-corrected chi connectivity index (χ1v) is 6.34. The molecule has 0 aliphatic carbocycles. The van der Waals surface area contributed by atoms with Crippen molar-refractivity contribution in [1.82, 2.24) is 0 Å². The Hall–Kier alpha value is -2.46. The fraction of sp³-hybridized carbons (Fsp3) is 0. The third kappa shape index (κ3) is 1.52. The molecule has 1 radical (unpaired) electrons. The third-order valence-electron chi connectivity index (χ3n) is 3.54. The topological polar surface area (TPSA) is 38.7 Å². The van der Waals surface area contributed by atoms with E-state index in [9.17, 15) is 0 Å². The smallest absolute Gasteiger partial charge is 0.537 e. The molecule has 3 nitrogen and oxygen atoms in total. The van der Waals surface area contributed by atoms with Crippen molar-refractivity contribution in [3.63, 3.8) is 0 Å². The highest BCUT2D eigenvalue weighted by Gasteiger charge is 2.20. The van der Waals surface area contributed by atoms with Crippen molar-refractivity contribution in [2.75, 3.05) is 0 Å². The summed E-state index contributed by atoms with van der Waals surface area (Å²) in [5.41, 5.74) is 2.18. The molecule has 4 heteroatoms. The molecule has 0 unspecified atom stereocenters. The van der Waals surface area contributed by atoms with Gasteiger partial charge in [-0.2, -0.15) is 0 Å². The van der Waals surface area contributed by atoms with Crippen LogP contribution in [0.4, 0.5) is 0 Å². The van der Waals surface area contributed by atoms with Gasteiger partial charge in [0.15, 0.2) is 0 Å². The van der Waals surface area contributed by atoms with E-state index in [1.807, 2.05) is 54.6 Å². The molecule has 3 aromatic rings. The highest BCUT2D eigenvalue weighted by molar-refractivity contribution is 6.18. The zero-order valence-corrected chi connectivity index (χ0v) is 10.5. The molecule has 95 valence electrons. The van der Waals surface area contributed by atoms with Gasteiger partial charge in [0.2, 0.25) is 0 Å². The zero-order chi connectivity index (χ0) is 13.5. The Balaban J connectivity index is 2.09. The number of hydrogen-bond acceptors (Lipinski definition) is 3. The minimum Gasteiger partial charge on any atom is -0.537 e. The largest absolute Gasteiger partial charge is 0.569 e. The van der Waals surface area contributed by atoms with E-state index in [0.717, 1.165) is 33.4 Å². The van der Waals surface area contributed by atoms with Crippen LogP contribution in [0.5, 0.6) is 17.2 Å². The summed E-state index contributed by atoms with van der Waals surface area (Å²) in [7, 11) is 0.696. The molecule has 0 spiro atoms. The van der Waals surface area contributed by atoms with Crippen molar-refractivity contribution < 1.29 is 14.4 Å². The Bertz CT molecular complexity index is 814. The Morgan fingerprint density at radius 2 is 1.70 bits per heavy atom. The lowest BCUT2D eigenvalue weighted by molar-refractivity contribution is 0.456. The monoisotopic (exact) mass is 261 g/mol. The average Bonchev–Trinajstić information content (AvgIpc) is 2.50. The molecular formula is C16H10BO3. The van der Waals surface area contributed by atoms with Crippen molar-refractivity contribution >= 4 is 18.5 Å². The first kappa shape index (κ1) is 11.4. The number of ether oxygens (including phenoxy) is 1. The molecule has 0 bridgehead atoms. The quantitative estimate of drug-likeness (QED) is 0.561. The van der Waals surface area contributed by atoms with Gasteiger partial charge in [-0.05, 0) is 29.8 Å². The molecule has 0 saturated heterocycles. The lowest BCUT2D eigenvalue weighted by Crippen LogP contribution is -2.02. The van der Waals surface area contributed by atoms with Gasteiger partial charge in [0.05, 0.1) is 0 Å². The zero-order valence-electron chi connectivity index (χ0n) is 10.5. The van der Waals surface area contributed by atoms with Crippen LogP contribution in [0.15, 0.2) is 54.6 Å². The fourth-order valence-corrected chi connectivity index (χ4v) is 2.71. The molecule has 0 atom stereocenters. The summed E-state index contributed by atoms with van der Waals surface area (Å²) < 4.78 is 11.1. The van der Waals surface area contributed by atoms with E-state index in [2.05, 4.69) is 0 Å². The van der Waals surface area contributed by atoms with Gasteiger partial charge >= 0.3 is 7.69 Å². The Labute approximate surface area is 116 Å². The molecule has 4 rings (SSSR count). The molecule has 1 aliphatic rings. The van der Waals surface area contributed by atoms with Gasteiger partial charge in [-0.1, -0.05) is 30.3 Å². The van der Waals surface area contributed by atoms with Crippen molar-refractivity contribution in [2.24, 2.45) is 0 Å². The first-order valence-electron chi connectivity index (χ1n) is 6.34. The van der Waals surface area contributed by atoms with E-state index in [-0.39, 0.29) is 0 Å². The number of para-hydroxylation sites is 1. The van der Waals surface area contributed by atoms with Crippen molar-refractivity contribution in [2.45, 2.75) is 0 Å². The van der Waals surface area contributed by atoms with Crippen LogP contribution in [0.3, 0.4) is 0 Å². The van der Waals surface area contributed by atoms with E-state index >= 15 is 0 Å². The van der Waals surface area contributed by atoms with E-state index in [0.29, 0.717) is 13.4 Å². The lowest BCUT2D eigenvalue weighted by atomic mass is 9.94. The fourth-order valence-electron chi connectivity index (χ4n) is 2.71. The number of rotatable bonds is 2. The van der Waals surface area contributed by atoms with Crippen LogP contribution in [0.25, 0.3) is 21.9 Å². The van der Waals surface area contributed by atoms with Gasteiger partial charge in [-0.15, -0.1) is 0 Å². The highest BCUT2D eigenvalue weighted by Crippen LogP contribution is 2.48. The molecule has 1 heterocycles. The normalized spacial score (nSPS) is 11.7. The van der Waals surface area contributed by atoms with Gasteiger partial charge in [0.25, 0.3) is 0 Å². The summed E-state index contributed by atoms with van der Waals surface area (Å²) in [5, 5.41) is 10.8. The lowest BCUT2D eigenvalue weighted by Gasteiger charge is -2.22. The van der Waals surface area contributed by atoms with Gasteiger partial charge in [0.1, 0.15) is 17.2 Å². The SMILES string of the molecule is O[B]Oc1ccc2c3c(cccc13)Oc1ccccc1-2. The predicted octanol–water partition coefficient (Wildman–Crippen LogP) is 3.52. The highest BCUT2D eigenvalue weighted by atomic mass is 16.5. The van der Waals surface area contributed by atoms with Gasteiger partial charge < -0.3 is 14.4 Å². The van der Waals surface area contributed by atoms with Crippen LogP contribution < -0.4 is 9.39 Å². The molecule has 1 aliphatic heterocycles. The minimum absolute atomic E-state index is 0.607. The summed E-state index contributed by atoms with van der Waals surface area (Å²) in [4.78, 5) is 0. The van der Waals surface area contributed by atoms with Crippen LogP contribution in [-0.2, 0) is 0 Å². The summed E-state index contributed by atoms with van der Waals surface area (Å²) in [6.45, 7) is 0. The summed E-state index contributed by atoms with van der Waals surface area (Å²) >= 11 is 0. The summed E-state index contributed by atoms with van der Waals surface area (Å²) in [6, 6.07) is 17.6. The maximum absolute atomic E-state index is 8.87. The molecule has 0 fully saturated rings. The van der Waals surface area contributed by atoms with E-state index in [1.165, 1.54) is 0 Å². The second-order valence-electron chi connectivity index (χ2n) is 4.61. The number of hydrogen-bond donors (Lipinski definition) is 1. The van der Waals surface area contributed by atoms with Gasteiger partial charge in [-0.25, -0.2) is 0 Å². The van der Waals surface area contributed by atoms with Crippen LogP contribution in [0.1, 0.15) is 0 Å². The third-order valence-corrected chi connectivity index (χ3v) is 3.54. The first-order chi connectivity index (χ1) is 9.88. The molecule has 0 aromatic heterocycles. The standard InChI is InChI=1S/C16H10BO3/c18-17-20-14-9-8-11-10-4-1-2-6-13(10)19-15-7-3-5-12(14)16(11)15/h1-9,18H. The van der Waals surface area contributed by atoms with Crippen molar-refractivity contribution in [3.05, 3.63) is 54.6 Å². The summed E-state index contributed by atoms with van der Waals surface area (Å²) in [6.07, 6.45) is 0. The Morgan fingerprint density at radius 1 is 0.850 bits per heavy atom. The number of benzene rings is 3. The predicted molar refractivity (Wildman–Crippen MR) is 78.1 cm³/mol. The molecular weight excluding hydrogens is 251 g/mol. The second-order valence-corrected chi connectivity index (χ2v) is 4.61. The van der Waals surface area contributed by atoms with Crippen molar-refractivity contribution in [3.8, 4) is 28.4 Å². The molecule has 1 N–H and O–H groups in total. The number of fused-ring (bicyclic) bond motifs is 2.